The lowest BCUT2D eigenvalue weighted by Crippen LogP contribution is -2.30. The van der Waals surface area contributed by atoms with E-state index in [-0.39, 0.29) is 5.91 Å². The van der Waals surface area contributed by atoms with Crippen LogP contribution in [-0.2, 0) is 6.54 Å². The highest BCUT2D eigenvalue weighted by Gasteiger charge is 2.25. The summed E-state index contributed by atoms with van der Waals surface area (Å²) in [6.45, 7) is 2.42. The first-order chi connectivity index (χ1) is 13.6. The summed E-state index contributed by atoms with van der Waals surface area (Å²) in [7, 11) is 0. The molecule has 0 aliphatic rings. The van der Waals surface area contributed by atoms with E-state index in [0.717, 1.165) is 26.0 Å². The van der Waals surface area contributed by atoms with Crippen LogP contribution in [0.15, 0.2) is 72.1 Å². The molecule has 0 N–H and O–H groups in total. The van der Waals surface area contributed by atoms with Crippen LogP contribution in [0.2, 0.25) is 5.02 Å². The number of carbonyl (C=O) groups is 1. The minimum Gasteiger partial charge on any atom is -0.302 e. The molecule has 0 saturated carbocycles. The number of carbonyl (C=O) groups excluding carboxylic acids is 1. The fourth-order valence-electron chi connectivity index (χ4n) is 2.94. The number of amides is 1. The Morgan fingerprint density at radius 1 is 1.04 bits per heavy atom. The Morgan fingerprint density at radius 3 is 2.46 bits per heavy atom. The number of rotatable bonds is 5. The Hall–Kier alpha value is -2.47. The second kappa shape index (κ2) is 8.27. The van der Waals surface area contributed by atoms with E-state index < -0.39 is 0 Å². The lowest BCUT2D eigenvalue weighted by Gasteiger charge is -2.22. The van der Waals surface area contributed by atoms with Gasteiger partial charge in [0, 0.05) is 15.6 Å². The molecule has 0 fully saturated rings. The summed E-state index contributed by atoms with van der Waals surface area (Å²) >= 11 is 9.22. The molecule has 0 radical (unpaired) electrons. The third-order valence-electron chi connectivity index (χ3n) is 4.25. The first-order valence-electron chi connectivity index (χ1n) is 8.74. The molecule has 0 aliphatic carbocycles. The quantitative estimate of drug-likeness (QED) is 0.358. The zero-order chi connectivity index (χ0) is 19.5. The van der Waals surface area contributed by atoms with E-state index in [1.807, 2.05) is 66.9 Å². The molecule has 0 spiro atoms. The number of halogens is 1. The second-order valence-electron chi connectivity index (χ2n) is 6.22. The van der Waals surface area contributed by atoms with Crippen molar-refractivity contribution < 1.29 is 4.79 Å². The number of nitrogens with zero attached hydrogens (tertiary/aromatic N) is 2. The fraction of sp³-hybridized carbons (Fsp3) is 0.0909. The van der Waals surface area contributed by atoms with Gasteiger partial charge in [-0.15, -0.1) is 22.7 Å². The van der Waals surface area contributed by atoms with Gasteiger partial charge in [-0.3, -0.25) is 4.79 Å². The van der Waals surface area contributed by atoms with E-state index in [1.165, 1.54) is 0 Å². The standard InChI is InChI=1S/C22H17ClN2OS2/c1-15-24-20(21(28-15)16-6-3-2-4-7-16)22(26)25(14-19-8-5-13-27-19)18-11-9-17(23)10-12-18/h2-13H,14H2,1H3. The summed E-state index contributed by atoms with van der Waals surface area (Å²) in [5.41, 5.74) is 2.29. The molecule has 6 heteroatoms. The Bertz CT molecular complexity index is 1070. The molecule has 0 atom stereocenters. The summed E-state index contributed by atoms with van der Waals surface area (Å²) in [6.07, 6.45) is 0. The molecule has 4 rings (SSSR count). The molecule has 0 unspecified atom stereocenters. The Morgan fingerprint density at radius 2 is 1.79 bits per heavy atom. The van der Waals surface area contributed by atoms with Crippen LogP contribution in [0.5, 0.6) is 0 Å². The largest absolute Gasteiger partial charge is 0.302 e. The SMILES string of the molecule is Cc1nc(C(=O)N(Cc2cccs2)c2ccc(Cl)cc2)c(-c2ccccc2)s1. The minimum absolute atomic E-state index is 0.112. The summed E-state index contributed by atoms with van der Waals surface area (Å²) in [5, 5.41) is 3.53. The maximum atomic E-state index is 13.6. The van der Waals surface area contributed by atoms with Gasteiger partial charge in [0.25, 0.3) is 5.91 Å². The predicted molar refractivity (Wildman–Crippen MR) is 119 cm³/mol. The van der Waals surface area contributed by atoms with Crippen molar-refractivity contribution in [1.29, 1.82) is 0 Å². The number of benzene rings is 2. The van der Waals surface area contributed by atoms with Gasteiger partial charge in [0.15, 0.2) is 0 Å². The predicted octanol–water partition coefficient (Wildman–Crippen LogP) is 6.68. The number of thiazole rings is 1. The number of aryl methyl sites for hydroxylation is 1. The van der Waals surface area contributed by atoms with E-state index in [2.05, 4.69) is 4.98 Å². The highest BCUT2D eigenvalue weighted by atomic mass is 35.5. The van der Waals surface area contributed by atoms with Crippen molar-refractivity contribution >= 4 is 45.9 Å². The number of hydrogen-bond acceptors (Lipinski definition) is 4. The smallest absolute Gasteiger partial charge is 0.278 e. The van der Waals surface area contributed by atoms with Gasteiger partial charge >= 0.3 is 0 Å². The first kappa shape index (κ1) is 18.9. The van der Waals surface area contributed by atoms with Crippen molar-refractivity contribution in [2.75, 3.05) is 4.90 Å². The zero-order valence-electron chi connectivity index (χ0n) is 15.1. The molecule has 4 aromatic rings. The van der Waals surface area contributed by atoms with Crippen molar-refractivity contribution in [3.05, 3.63) is 92.7 Å². The molecule has 0 saturated heterocycles. The van der Waals surface area contributed by atoms with Crippen LogP contribution in [0.3, 0.4) is 0 Å². The average Bonchev–Trinajstić information content (AvgIpc) is 3.37. The van der Waals surface area contributed by atoms with E-state index in [1.54, 1.807) is 39.7 Å². The van der Waals surface area contributed by atoms with Crippen LogP contribution in [0.25, 0.3) is 10.4 Å². The highest BCUT2D eigenvalue weighted by Crippen LogP contribution is 2.32. The summed E-state index contributed by atoms with van der Waals surface area (Å²) < 4.78 is 0. The minimum atomic E-state index is -0.112. The van der Waals surface area contributed by atoms with Gasteiger partial charge in [-0.25, -0.2) is 4.98 Å². The van der Waals surface area contributed by atoms with E-state index >= 15 is 0 Å². The zero-order valence-corrected chi connectivity index (χ0v) is 17.5. The van der Waals surface area contributed by atoms with Gasteiger partial charge in [0.05, 0.1) is 16.4 Å². The lowest BCUT2D eigenvalue weighted by atomic mass is 10.1. The molecule has 3 nitrogen and oxygen atoms in total. The molecule has 0 aliphatic heterocycles. The van der Waals surface area contributed by atoms with E-state index in [4.69, 9.17) is 11.6 Å². The molecule has 140 valence electrons. The van der Waals surface area contributed by atoms with Crippen LogP contribution >= 0.6 is 34.3 Å². The number of anilines is 1. The molecular formula is C22H17ClN2OS2. The summed E-state index contributed by atoms with van der Waals surface area (Å²) in [5.74, 6) is -0.112. The topological polar surface area (TPSA) is 33.2 Å². The summed E-state index contributed by atoms with van der Waals surface area (Å²) in [6, 6.07) is 21.3. The van der Waals surface area contributed by atoms with Crippen LogP contribution in [0.1, 0.15) is 20.4 Å². The van der Waals surface area contributed by atoms with Crippen LogP contribution in [0.4, 0.5) is 5.69 Å². The second-order valence-corrected chi connectivity index (χ2v) is 8.90. The lowest BCUT2D eigenvalue weighted by molar-refractivity contribution is 0.0981. The van der Waals surface area contributed by atoms with Gasteiger partial charge in [0.2, 0.25) is 0 Å². The van der Waals surface area contributed by atoms with Crippen molar-refractivity contribution in [1.82, 2.24) is 4.98 Å². The molecular weight excluding hydrogens is 408 g/mol. The van der Waals surface area contributed by atoms with Crippen molar-refractivity contribution in [3.8, 4) is 10.4 Å². The van der Waals surface area contributed by atoms with E-state index in [0.29, 0.717) is 17.3 Å². The van der Waals surface area contributed by atoms with Crippen LogP contribution in [-0.4, -0.2) is 10.9 Å². The molecule has 0 bridgehead atoms. The Balaban J connectivity index is 1.77. The molecule has 28 heavy (non-hydrogen) atoms. The van der Waals surface area contributed by atoms with Crippen LogP contribution in [0, 0.1) is 6.92 Å². The van der Waals surface area contributed by atoms with Gasteiger partial charge in [-0.2, -0.15) is 0 Å². The third-order valence-corrected chi connectivity index (χ3v) is 6.38. The fourth-order valence-corrected chi connectivity index (χ4v) is 4.68. The van der Waals surface area contributed by atoms with Crippen molar-refractivity contribution in [2.45, 2.75) is 13.5 Å². The van der Waals surface area contributed by atoms with Crippen molar-refractivity contribution in [2.24, 2.45) is 0 Å². The van der Waals surface area contributed by atoms with Gasteiger partial charge in [-0.05, 0) is 48.2 Å². The Labute approximate surface area is 176 Å². The van der Waals surface area contributed by atoms with Crippen molar-refractivity contribution in [3.63, 3.8) is 0 Å². The van der Waals surface area contributed by atoms with Crippen LogP contribution < -0.4 is 4.90 Å². The number of thiophene rings is 1. The first-order valence-corrected chi connectivity index (χ1v) is 10.8. The third kappa shape index (κ3) is 4.02. The highest BCUT2D eigenvalue weighted by molar-refractivity contribution is 7.15. The summed E-state index contributed by atoms with van der Waals surface area (Å²) in [4.78, 5) is 22.0. The molecule has 2 aromatic heterocycles. The normalized spacial score (nSPS) is 10.8. The maximum absolute atomic E-state index is 13.6. The average molecular weight is 425 g/mol. The molecule has 2 aromatic carbocycles. The monoisotopic (exact) mass is 424 g/mol. The van der Waals surface area contributed by atoms with E-state index in [9.17, 15) is 4.79 Å². The number of hydrogen-bond donors (Lipinski definition) is 0. The number of aromatic nitrogens is 1. The maximum Gasteiger partial charge on any atom is 0.278 e. The molecule has 1 amide bonds. The van der Waals surface area contributed by atoms with Gasteiger partial charge < -0.3 is 4.90 Å². The Kier molecular flexibility index (Phi) is 5.57. The van der Waals surface area contributed by atoms with Gasteiger partial charge in [-0.1, -0.05) is 48.0 Å². The molecule has 2 heterocycles. The van der Waals surface area contributed by atoms with Gasteiger partial charge in [0.1, 0.15) is 5.69 Å².